The molecule has 1 nitrogen and oxygen atoms in total. The maximum Gasteiger partial charge on any atom is 0.0491 e. The van der Waals surface area contributed by atoms with E-state index in [0.717, 1.165) is 6.54 Å². The minimum atomic E-state index is 1.01. The molecule has 0 atom stereocenters. The van der Waals surface area contributed by atoms with Crippen LogP contribution in [0.15, 0.2) is 48.5 Å². The van der Waals surface area contributed by atoms with E-state index in [1.807, 2.05) is 0 Å². The predicted molar refractivity (Wildman–Crippen MR) is 84.4 cm³/mol. The van der Waals surface area contributed by atoms with Crippen molar-refractivity contribution < 1.29 is 0 Å². The first-order valence-electron chi connectivity index (χ1n) is 6.90. The third kappa shape index (κ3) is 1.77. The van der Waals surface area contributed by atoms with Gasteiger partial charge in [0, 0.05) is 28.4 Å². The van der Waals surface area contributed by atoms with Crippen molar-refractivity contribution in [3.05, 3.63) is 54.1 Å². The van der Waals surface area contributed by atoms with Crippen LogP contribution >= 0.6 is 0 Å². The van der Waals surface area contributed by atoms with Gasteiger partial charge in [-0.25, -0.2) is 0 Å². The molecule has 1 aromatic heterocycles. The molecule has 96 valence electrons. The van der Waals surface area contributed by atoms with Crippen molar-refractivity contribution in [3.8, 4) is 0 Å². The zero-order valence-corrected chi connectivity index (χ0v) is 11.8. The van der Waals surface area contributed by atoms with Gasteiger partial charge < -0.3 is 4.57 Å². The predicted octanol–water partition coefficient (Wildman–Crippen LogP) is 5.24. The number of hydrogen-bond acceptors (Lipinski definition) is 0. The van der Waals surface area contributed by atoms with Crippen LogP contribution in [-0.4, -0.2) is 4.57 Å². The number of rotatable bonds is 2. The van der Waals surface area contributed by atoms with E-state index in [2.05, 4.69) is 73.9 Å². The molecule has 0 radical (unpaired) electrons. The van der Waals surface area contributed by atoms with Gasteiger partial charge in [-0.3, -0.25) is 0 Å². The highest BCUT2D eigenvalue weighted by Gasteiger charge is 2.09. The van der Waals surface area contributed by atoms with Gasteiger partial charge in [-0.05, 0) is 50.1 Å². The summed E-state index contributed by atoms with van der Waals surface area (Å²) in [4.78, 5) is 0. The van der Waals surface area contributed by atoms with Crippen molar-refractivity contribution >= 4 is 27.4 Å². The molecule has 0 spiro atoms. The molecule has 19 heavy (non-hydrogen) atoms. The van der Waals surface area contributed by atoms with E-state index in [1.54, 1.807) is 0 Å². The quantitative estimate of drug-likeness (QED) is 0.585. The Morgan fingerprint density at radius 3 is 2.53 bits per heavy atom. The van der Waals surface area contributed by atoms with E-state index in [0.29, 0.717) is 0 Å². The summed E-state index contributed by atoms with van der Waals surface area (Å²) in [5.41, 5.74) is 5.30. The van der Waals surface area contributed by atoms with E-state index in [1.165, 1.54) is 32.9 Å². The highest BCUT2D eigenvalue weighted by molar-refractivity contribution is 6.08. The van der Waals surface area contributed by atoms with Crippen LogP contribution in [0.3, 0.4) is 0 Å². The average Bonchev–Trinajstić information content (AvgIpc) is 2.79. The number of aryl methyl sites for hydroxylation is 1. The summed E-state index contributed by atoms with van der Waals surface area (Å²) in [6.07, 6.45) is 2.17. The molecule has 3 aromatic rings. The molecule has 0 saturated heterocycles. The number of hydrogen-bond donors (Lipinski definition) is 0. The molecule has 0 bridgehead atoms. The standard InChI is InChI=1S/C18H19N/c1-4-13(3)14-10-11-18-16(12-14)15-8-6-7-9-17(15)19(18)5-2/h4,6-12H,5H2,1-3H3/b13-4+. The Kier molecular flexibility index (Phi) is 2.90. The Bertz CT molecular complexity index is 775. The van der Waals surface area contributed by atoms with Gasteiger partial charge in [0.05, 0.1) is 0 Å². The second-order valence-corrected chi connectivity index (χ2v) is 4.97. The maximum absolute atomic E-state index is 2.39. The molecule has 0 aliphatic rings. The molecule has 0 amide bonds. The molecule has 1 heteroatoms. The van der Waals surface area contributed by atoms with Gasteiger partial charge in [0.25, 0.3) is 0 Å². The van der Waals surface area contributed by atoms with Crippen molar-refractivity contribution in [3.63, 3.8) is 0 Å². The van der Waals surface area contributed by atoms with Gasteiger partial charge in [0.15, 0.2) is 0 Å². The molecule has 3 rings (SSSR count). The first-order valence-corrected chi connectivity index (χ1v) is 6.90. The fraction of sp³-hybridized carbons (Fsp3) is 0.222. The summed E-state index contributed by atoms with van der Waals surface area (Å²) >= 11 is 0. The zero-order valence-electron chi connectivity index (χ0n) is 11.8. The number of benzene rings is 2. The van der Waals surface area contributed by atoms with Crippen LogP contribution in [-0.2, 0) is 6.54 Å². The van der Waals surface area contributed by atoms with Crippen molar-refractivity contribution in [2.45, 2.75) is 27.3 Å². The normalized spacial score (nSPS) is 12.5. The Hall–Kier alpha value is -2.02. The Morgan fingerprint density at radius 2 is 1.79 bits per heavy atom. The van der Waals surface area contributed by atoms with Gasteiger partial charge in [-0.2, -0.15) is 0 Å². The van der Waals surface area contributed by atoms with Crippen LogP contribution in [0.2, 0.25) is 0 Å². The molecule has 0 unspecified atom stereocenters. The summed E-state index contributed by atoms with van der Waals surface area (Å²) < 4.78 is 2.39. The van der Waals surface area contributed by atoms with Crippen LogP contribution in [0.25, 0.3) is 27.4 Å². The maximum atomic E-state index is 2.39. The van der Waals surface area contributed by atoms with Crippen LogP contribution < -0.4 is 0 Å². The van der Waals surface area contributed by atoms with Crippen molar-refractivity contribution in [1.29, 1.82) is 0 Å². The summed E-state index contributed by atoms with van der Waals surface area (Å²) in [6.45, 7) is 7.47. The van der Waals surface area contributed by atoms with E-state index in [4.69, 9.17) is 0 Å². The van der Waals surface area contributed by atoms with Crippen molar-refractivity contribution in [1.82, 2.24) is 4.57 Å². The molecule has 2 aromatic carbocycles. The lowest BCUT2D eigenvalue weighted by Gasteiger charge is -2.04. The molecular weight excluding hydrogens is 230 g/mol. The summed E-state index contributed by atoms with van der Waals surface area (Å²) in [5, 5.41) is 2.71. The Labute approximate surface area is 114 Å². The first-order chi connectivity index (χ1) is 9.26. The Morgan fingerprint density at radius 1 is 1.05 bits per heavy atom. The topological polar surface area (TPSA) is 4.93 Å². The zero-order chi connectivity index (χ0) is 13.4. The molecule has 0 N–H and O–H groups in total. The van der Waals surface area contributed by atoms with E-state index >= 15 is 0 Å². The van der Waals surface area contributed by atoms with Crippen LogP contribution in [0.5, 0.6) is 0 Å². The first kappa shape index (κ1) is 12.0. The monoisotopic (exact) mass is 249 g/mol. The van der Waals surface area contributed by atoms with Crippen LogP contribution in [0.4, 0.5) is 0 Å². The molecule has 0 aliphatic carbocycles. The lowest BCUT2D eigenvalue weighted by molar-refractivity contribution is 0.827. The number of allylic oxidation sites excluding steroid dienone is 2. The van der Waals surface area contributed by atoms with Gasteiger partial charge in [-0.1, -0.05) is 30.3 Å². The minimum Gasteiger partial charge on any atom is -0.341 e. The highest BCUT2D eigenvalue weighted by atomic mass is 15.0. The second-order valence-electron chi connectivity index (χ2n) is 4.97. The summed E-state index contributed by atoms with van der Waals surface area (Å²) in [7, 11) is 0. The number of aromatic nitrogens is 1. The van der Waals surface area contributed by atoms with Crippen molar-refractivity contribution in [2.75, 3.05) is 0 Å². The van der Waals surface area contributed by atoms with E-state index in [9.17, 15) is 0 Å². The third-order valence-corrected chi connectivity index (χ3v) is 3.98. The smallest absolute Gasteiger partial charge is 0.0491 e. The van der Waals surface area contributed by atoms with E-state index in [-0.39, 0.29) is 0 Å². The minimum absolute atomic E-state index is 1.01. The Balaban J connectivity index is 2.43. The molecule has 1 heterocycles. The van der Waals surface area contributed by atoms with Gasteiger partial charge in [-0.15, -0.1) is 0 Å². The number of fused-ring (bicyclic) bond motifs is 3. The third-order valence-electron chi connectivity index (χ3n) is 3.98. The molecular formula is C18H19N. The van der Waals surface area contributed by atoms with Gasteiger partial charge >= 0.3 is 0 Å². The molecule has 0 fully saturated rings. The molecule has 0 saturated carbocycles. The van der Waals surface area contributed by atoms with Crippen LogP contribution in [0, 0.1) is 0 Å². The van der Waals surface area contributed by atoms with E-state index < -0.39 is 0 Å². The molecule has 0 aliphatic heterocycles. The fourth-order valence-electron chi connectivity index (χ4n) is 2.81. The largest absolute Gasteiger partial charge is 0.341 e. The number of nitrogens with zero attached hydrogens (tertiary/aromatic N) is 1. The SMILES string of the molecule is C/C=C(\C)c1ccc2c(c1)c1ccccc1n2CC. The number of para-hydroxylation sites is 1. The fourth-order valence-corrected chi connectivity index (χ4v) is 2.81. The second kappa shape index (κ2) is 4.58. The van der Waals surface area contributed by atoms with Crippen LogP contribution in [0.1, 0.15) is 26.3 Å². The van der Waals surface area contributed by atoms with Crippen molar-refractivity contribution in [2.24, 2.45) is 0 Å². The lowest BCUT2D eigenvalue weighted by atomic mass is 10.0. The highest BCUT2D eigenvalue weighted by Crippen LogP contribution is 2.31. The summed E-state index contributed by atoms with van der Waals surface area (Å²) in [6, 6.07) is 15.5. The summed E-state index contributed by atoms with van der Waals surface area (Å²) in [5.74, 6) is 0. The van der Waals surface area contributed by atoms with Gasteiger partial charge in [0.2, 0.25) is 0 Å². The average molecular weight is 249 g/mol. The van der Waals surface area contributed by atoms with Gasteiger partial charge in [0.1, 0.15) is 0 Å². The lowest BCUT2D eigenvalue weighted by Crippen LogP contribution is -1.92.